The minimum atomic E-state index is 0.579. The number of thioether (sulfide) groups is 1. The fourth-order valence-electron chi connectivity index (χ4n) is 2.18. The molecule has 0 saturated carbocycles. The Hall–Kier alpha value is -0.670. The highest BCUT2D eigenvalue weighted by Crippen LogP contribution is 2.33. The molecule has 1 aromatic carbocycles. The zero-order valence-electron chi connectivity index (χ0n) is 10.9. The Kier molecular flexibility index (Phi) is 4.35. The summed E-state index contributed by atoms with van der Waals surface area (Å²) in [6, 6.07) is 4.38. The smallest absolute Gasteiger partial charge is 0.122 e. The zero-order valence-corrected chi connectivity index (χ0v) is 11.7. The fourth-order valence-corrected chi connectivity index (χ4v) is 3.47. The van der Waals surface area contributed by atoms with Crippen molar-refractivity contribution in [1.29, 1.82) is 0 Å². The lowest BCUT2D eigenvalue weighted by Crippen LogP contribution is -2.31. The summed E-state index contributed by atoms with van der Waals surface area (Å²) in [6.07, 6.45) is 3.94. The van der Waals surface area contributed by atoms with Gasteiger partial charge >= 0.3 is 0 Å². The standard InChI is InChI=1S/C14H21NOS/c1-10-9-13(11(2)8-12(10)16-3)17-14-6-4-5-7-15-14/h8-9,14-15H,4-7H2,1-3H3. The van der Waals surface area contributed by atoms with Crippen molar-refractivity contribution in [2.45, 2.75) is 43.4 Å². The molecule has 1 heterocycles. The van der Waals surface area contributed by atoms with E-state index >= 15 is 0 Å². The number of aryl methyl sites for hydroxylation is 2. The number of hydrogen-bond acceptors (Lipinski definition) is 3. The quantitative estimate of drug-likeness (QED) is 0.888. The lowest BCUT2D eigenvalue weighted by Gasteiger charge is -2.24. The summed E-state index contributed by atoms with van der Waals surface area (Å²) in [5.74, 6) is 0.989. The van der Waals surface area contributed by atoms with E-state index in [-0.39, 0.29) is 0 Å². The second kappa shape index (κ2) is 5.78. The molecule has 1 aliphatic heterocycles. The summed E-state index contributed by atoms with van der Waals surface area (Å²) in [7, 11) is 1.73. The summed E-state index contributed by atoms with van der Waals surface area (Å²) >= 11 is 1.96. The second-order valence-electron chi connectivity index (χ2n) is 4.64. The first kappa shape index (κ1) is 12.8. The molecule has 0 amide bonds. The van der Waals surface area contributed by atoms with Crippen LogP contribution in [-0.4, -0.2) is 19.0 Å². The second-order valence-corrected chi connectivity index (χ2v) is 5.89. The maximum atomic E-state index is 5.35. The lowest BCUT2D eigenvalue weighted by molar-refractivity contribution is 0.411. The summed E-state index contributed by atoms with van der Waals surface area (Å²) in [5, 5.41) is 4.15. The molecule has 1 saturated heterocycles. The summed E-state index contributed by atoms with van der Waals surface area (Å²) in [4.78, 5) is 1.38. The van der Waals surface area contributed by atoms with Gasteiger partial charge in [0, 0.05) is 4.90 Å². The van der Waals surface area contributed by atoms with Crippen LogP contribution in [0.1, 0.15) is 30.4 Å². The Morgan fingerprint density at radius 3 is 2.71 bits per heavy atom. The third-order valence-electron chi connectivity index (χ3n) is 3.23. The van der Waals surface area contributed by atoms with Crippen LogP contribution >= 0.6 is 11.8 Å². The third-order valence-corrected chi connectivity index (χ3v) is 4.61. The molecule has 1 aliphatic rings. The van der Waals surface area contributed by atoms with Gasteiger partial charge in [0.1, 0.15) is 5.75 Å². The number of ether oxygens (including phenoxy) is 1. The van der Waals surface area contributed by atoms with Gasteiger partial charge in [0.2, 0.25) is 0 Å². The molecule has 1 aromatic rings. The monoisotopic (exact) mass is 251 g/mol. The van der Waals surface area contributed by atoms with Gasteiger partial charge in [0.25, 0.3) is 0 Å². The minimum Gasteiger partial charge on any atom is -0.496 e. The van der Waals surface area contributed by atoms with Gasteiger partial charge in [-0.2, -0.15) is 0 Å². The third kappa shape index (κ3) is 3.17. The van der Waals surface area contributed by atoms with Crippen molar-refractivity contribution >= 4 is 11.8 Å². The highest BCUT2D eigenvalue weighted by Gasteiger charge is 2.15. The lowest BCUT2D eigenvalue weighted by atomic mass is 10.1. The van der Waals surface area contributed by atoms with Gasteiger partial charge in [-0.3, -0.25) is 0 Å². The molecule has 0 aliphatic carbocycles. The van der Waals surface area contributed by atoms with Crippen molar-refractivity contribution in [3.8, 4) is 5.75 Å². The number of nitrogens with one attached hydrogen (secondary N) is 1. The van der Waals surface area contributed by atoms with E-state index in [4.69, 9.17) is 4.74 Å². The SMILES string of the molecule is COc1cc(C)c(SC2CCCCN2)cc1C. The average molecular weight is 251 g/mol. The summed E-state index contributed by atoms with van der Waals surface area (Å²) in [5.41, 5.74) is 2.53. The first-order valence-corrected chi connectivity index (χ1v) is 7.14. The number of piperidine rings is 1. The molecule has 0 spiro atoms. The molecular weight excluding hydrogens is 230 g/mol. The van der Waals surface area contributed by atoms with Crippen LogP contribution < -0.4 is 10.1 Å². The molecule has 17 heavy (non-hydrogen) atoms. The Labute approximate surface area is 108 Å². The molecule has 94 valence electrons. The van der Waals surface area contributed by atoms with Crippen LogP contribution in [0.15, 0.2) is 17.0 Å². The van der Waals surface area contributed by atoms with Gasteiger partial charge < -0.3 is 10.1 Å². The maximum Gasteiger partial charge on any atom is 0.122 e. The number of hydrogen-bond donors (Lipinski definition) is 1. The van der Waals surface area contributed by atoms with E-state index in [2.05, 4.69) is 31.3 Å². The molecule has 3 heteroatoms. The topological polar surface area (TPSA) is 21.3 Å². The van der Waals surface area contributed by atoms with E-state index in [9.17, 15) is 0 Å². The van der Waals surface area contributed by atoms with Gasteiger partial charge in [-0.25, -0.2) is 0 Å². The Morgan fingerprint density at radius 2 is 2.06 bits per heavy atom. The molecule has 0 radical (unpaired) electrons. The summed E-state index contributed by atoms with van der Waals surface area (Å²) < 4.78 is 5.35. The minimum absolute atomic E-state index is 0.579. The molecule has 1 unspecified atom stereocenters. The average Bonchev–Trinajstić information content (AvgIpc) is 2.34. The van der Waals surface area contributed by atoms with E-state index in [0.717, 1.165) is 12.3 Å². The molecule has 1 atom stereocenters. The van der Waals surface area contributed by atoms with Crippen LogP contribution in [0.25, 0.3) is 0 Å². The molecule has 0 aromatic heterocycles. The molecule has 1 fully saturated rings. The van der Waals surface area contributed by atoms with E-state index in [1.54, 1.807) is 7.11 Å². The van der Waals surface area contributed by atoms with Crippen LogP contribution in [0, 0.1) is 13.8 Å². The van der Waals surface area contributed by atoms with E-state index in [1.807, 2.05) is 11.8 Å². The molecular formula is C14H21NOS. The predicted molar refractivity (Wildman–Crippen MR) is 74.0 cm³/mol. The van der Waals surface area contributed by atoms with Gasteiger partial charge in [-0.15, -0.1) is 11.8 Å². The van der Waals surface area contributed by atoms with Crippen molar-refractivity contribution in [1.82, 2.24) is 5.32 Å². The summed E-state index contributed by atoms with van der Waals surface area (Å²) in [6.45, 7) is 5.43. The van der Waals surface area contributed by atoms with Gasteiger partial charge in [-0.1, -0.05) is 0 Å². The number of methoxy groups -OCH3 is 1. The van der Waals surface area contributed by atoms with Crippen molar-refractivity contribution in [3.05, 3.63) is 23.3 Å². The Morgan fingerprint density at radius 1 is 1.24 bits per heavy atom. The van der Waals surface area contributed by atoms with Crippen LogP contribution in [0.5, 0.6) is 5.75 Å². The van der Waals surface area contributed by atoms with Gasteiger partial charge in [-0.05, 0) is 62.9 Å². The normalized spacial score (nSPS) is 20.3. The molecule has 2 rings (SSSR count). The van der Waals surface area contributed by atoms with Crippen molar-refractivity contribution in [2.75, 3.05) is 13.7 Å². The van der Waals surface area contributed by atoms with Crippen LogP contribution in [0.2, 0.25) is 0 Å². The number of rotatable bonds is 3. The van der Waals surface area contributed by atoms with Crippen molar-refractivity contribution in [3.63, 3.8) is 0 Å². The largest absolute Gasteiger partial charge is 0.496 e. The van der Waals surface area contributed by atoms with Crippen LogP contribution in [-0.2, 0) is 0 Å². The van der Waals surface area contributed by atoms with E-state index in [1.165, 1.54) is 35.3 Å². The molecule has 0 bridgehead atoms. The van der Waals surface area contributed by atoms with Crippen LogP contribution in [0.3, 0.4) is 0 Å². The van der Waals surface area contributed by atoms with Crippen molar-refractivity contribution < 1.29 is 4.74 Å². The zero-order chi connectivity index (χ0) is 12.3. The first-order valence-electron chi connectivity index (χ1n) is 6.26. The van der Waals surface area contributed by atoms with E-state index in [0.29, 0.717) is 5.37 Å². The maximum absolute atomic E-state index is 5.35. The highest BCUT2D eigenvalue weighted by molar-refractivity contribution is 8.00. The molecule has 1 N–H and O–H groups in total. The first-order chi connectivity index (χ1) is 8.20. The van der Waals surface area contributed by atoms with Gasteiger partial charge in [0.05, 0.1) is 12.5 Å². The van der Waals surface area contributed by atoms with Gasteiger partial charge in [0.15, 0.2) is 0 Å². The number of benzene rings is 1. The molecule has 2 nitrogen and oxygen atoms in total. The predicted octanol–water partition coefficient (Wildman–Crippen LogP) is 3.50. The Bertz CT molecular complexity index is 386. The Balaban J connectivity index is 2.12. The highest BCUT2D eigenvalue weighted by atomic mass is 32.2. The van der Waals surface area contributed by atoms with Crippen molar-refractivity contribution in [2.24, 2.45) is 0 Å². The van der Waals surface area contributed by atoms with Crippen LogP contribution in [0.4, 0.5) is 0 Å². The van der Waals surface area contributed by atoms with E-state index < -0.39 is 0 Å². The fraction of sp³-hybridized carbons (Fsp3) is 0.571.